The zero-order valence-corrected chi connectivity index (χ0v) is 15.1. The highest BCUT2D eigenvalue weighted by molar-refractivity contribution is 5.96. The average Bonchev–Trinajstić information content (AvgIpc) is 3.14. The topological polar surface area (TPSA) is 69.0 Å². The summed E-state index contributed by atoms with van der Waals surface area (Å²) in [5.41, 5.74) is 3.22. The van der Waals surface area contributed by atoms with Crippen LogP contribution in [0, 0.1) is 17.2 Å². The van der Waals surface area contributed by atoms with Gasteiger partial charge in [-0.15, -0.1) is 0 Å². The van der Waals surface area contributed by atoms with Crippen LogP contribution in [0.5, 0.6) is 0 Å². The summed E-state index contributed by atoms with van der Waals surface area (Å²) < 4.78 is 0. The second-order valence-corrected chi connectivity index (χ2v) is 6.77. The fourth-order valence-electron chi connectivity index (χ4n) is 3.32. The molecule has 1 aromatic heterocycles. The Bertz CT molecular complexity index is 794. The summed E-state index contributed by atoms with van der Waals surface area (Å²) in [5, 5.41) is 12.1. The number of hydrogen-bond donors (Lipinski definition) is 1. The van der Waals surface area contributed by atoms with Crippen molar-refractivity contribution in [2.45, 2.75) is 26.3 Å². The Hall–Kier alpha value is -2.71. The van der Waals surface area contributed by atoms with Gasteiger partial charge in [-0.3, -0.25) is 14.7 Å². The van der Waals surface area contributed by atoms with Gasteiger partial charge in [-0.05, 0) is 49.1 Å². The molecule has 26 heavy (non-hydrogen) atoms. The lowest BCUT2D eigenvalue weighted by molar-refractivity contribution is 0.0947. The Morgan fingerprint density at radius 3 is 2.92 bits per heavy atom. The van der Waals surface area contributed by atoms with Gasteiger partial charge in [0.25, 0.3) is 5.91 Å². The van der Waals surface area contributed by atoms with Gasteiger partial charge in [-0.1, -0.05) is 25.1 Å². The first-order chi connectivity index (χ1) is 12.7. The number of likely N-dealkylation sites (tertiary alicyclic amines) is 1. The predicted octanol–water partition coefficient (Wildman–Crippen LogP) is 2.77. The van der Waals surface area contributed by atoms with Gasteiger partial charge in [0.1, 0.15) is 0 Å². The molecule has 0 spiro atoms. The highest BCUT2D eigenvalue weighted by Gasteiger charge is 2.23. The third kappa shape index (κ3) is 4.47. The Morgan fingerprint density at radius 2 is 2.19 bits per heavy atom. The maximum Gasteiger partial charge on any atom is 0.252 e. The molecule has 1 aliphatic rings. The van der Waals surface area contributed by atoms with E-state index in [1.807, 2.05) is 6.20 Å². The van der Waals surface area contributed by atoms with Crippen molar-refractivity contribution in [3.05, 3.63) is 65.0 Å². The molecule has 5 nitrogen and oxygen atoms in total. The summed E-state index contributed by atoms with van der Waals surface area (Å²) in [6.07, 6.45) is 4.02. The third-order valence-electron chi connectivity index (χ3n) is 4.89. The summed E-state index contributed by atoms with van der Waals surface area (Å²) in [4.78, 5) is 19.2. The molecular formula is C21H24N4O. The molecule has 5 heteroatoms. The molecule has 2 heterocycles. The maximum atomic E-state index is 12.3. The Kier molecular flexibility index (Phi) is 5.98. The molecule has 0 unspecified atom stereocenters. The van der Waals surface area contributed by atoms with Crippen LogP contribution in [-0.4, -0.2) is 35.4 Å². The van der Waals surface area contributed by atoms with E-state index in [4.69, 9.17) is 5.26 Å². The molecule has 1 N–H and O–H groups in total. The van der Waals surface area contributed by atoms with Gasteiger partial charge in [0.15, 0.2) is 0 Å². The first kappa shape index (κ1) is 18.1. The lowest BCUT2D eigenvalue weighted by Crippen LogP contribution is -2.31. The van der Waals surface area contributed by atoms with Crippen LogP contribution in [0.4, 0.5) is 0 Å². The van der Waals surface area contributed by atoms with Crippen molar-refractivity contribution < 1.29 is 4.79 Å². The fraction of sp³-hybridized carbons (Fsp3) is 0.381. The van der Waals surface area contributed by atoms with Gasteiger partial charge in [0.2, 0.25) is 0 Å². The zero-order valence-electron chi connectivity index (χ0n) is 15.1. The first-order valence-corrected chi connectivity index (χ1v) is 9.13. The molecule has 1 aromatic carbocycles. The number of rotatable bonds is 6. The molecule has 3 rings (SSSR count). The van der Waals surface area contributed by atoms with Gasteiger partial charge >= 0.3 is 0 Å². The van der Waals surface area contributed by atoms with Crippen molar-refractivity contribution in [2.24, 2.45) is 5.92 Å². The summed E-state index contributed by atoms with van der Waals surface area (Å²) in [6.45, 7) is 5.60. The minimum Gasteiger partial charge on any atom is -0.352 e. The van der Waals surface area contributed by atoms with Gasteiger partial charge in [0, 0.05) is 25.8 Å². The fourth-order valence-corrected chi connectivity index (χ4v) is 3.32. The van der Waals surface area contributed by atoms with Crippen LogP contribution in [0.2, 0.25) is 0 Å². The van der Waals surface area contributed by atoms with E-state index < -0.39 is 0 Å². The van der Waals surface area contributed by atoms with Crippen LogP contribution in [0.1, 0.15) is 40.5 Å². The summed E-state index contributed by atoms with van der Waals surface area (Å²) >= 11 is 0. The predicted molar refractivity (Wildman–Crippen MR) is 100 cm³/mol. The van der Waals surface area contributed by atoms with Crippen molar-refractivity contribution in [3.8, 4) is 6.07 Å². The average molecular weight is 348 g/mol. The van der Waals surface area contributed by atoms with Crippen LogP contribution >= 0.6 is 0 Å². The second kappa shape index (κ2) is 8.59. The molecule has 0 bridgehead atoms. The van der Waals surface area contributed by atoms with Crippen molar-refractivity contribution in [2.75, 3.05) is 19.6 Å². The number of pyridine rings is 1. The summed E-state index contributed by atoms with van der Waals surface area (Å²) in [7, 11) is 0. The molecule has 1 saturated heterocycles. The molecule has 2 aromatic rings. The van der Waals surface area contributed by atoms with E-state index in [2.05, 4.69) is 40.3 Å². The van der Waals surface area contributed by atoms with E-state index in [-0.39, 0.29) is 5.91 Å². The number of nitrogens with one attached hydrogen (secondary N) is 1. The number of hydrogen-bond acceptors (Lipinski definition) is 4. The van der Waals surface area contributed by atoms with Gasteiger partial charge in [-0.25, -0.2) is 0 Å². The van der Waals surface area contributed by atoms with E-state index in [0.717, 1.165) is 38.2 Å². The van der Waals surface area contributed by atoms with E-state index in [1.54, 1.807) is 24.3 Å². The highest BCUT2D eigenvalue weighted by atomic mass is 16.1. The number of carbonyl (C=O) groups is 1. The molecular weight excluding hydrogens is 324 g/mol. The lowest BCUT2D eigenvalue weighted by atomic mass is 10.1. The number of benzene rings is 1. The SMILES string of the molecule is CCc1ccc(CN2CC[C@@H](CNC(=O)c3ccccc3C#N)C2)nc1. The highest BCUT2D eigenvalue weighted by Crippen LogP contribution is 2.18. The van der Waals surface area contributed by atoms with Crippen LogP contribution in [-0.2, 0) is 13.0 Å². The molecule has 1 aliphatic heterocycles. The maximum absolute atomic E-state index is 12.3. The van der Waals surface area contributed by atoms with Crippen LogP contribution in [0.15, 0.2) is 42.6 Å². The van der Waals surface area contributed by atoms with Crippen LogP contribution in [0.3, 0.4) is 0 Å². The van der Waals surface area contributed by atoms with Crippen molar-refractivity contribution in [1.29, 1.82) is 5.26 Å². The quantitative estimate of drug-likeness (QED) is 0.871. The smallest absolute Gasteiger partial charge is 0.252 e. The molecule has 1 fully saturated rings. The molecule has 1 atom stereocenters. The van der Waals surface area contributed by atoms with Gasteiger partial charge in [0.05, 0.1) is 22.9 Å². The summed E-state index contributed by atoms with van der Waals surface area (Å²) in [6, 6.07) is 13.2. The lowest BCUT2D eigenvalue weighted by Gasteiger charge is -2.16. The van der Waals surface area contributed by atoms with Crippen LogP contribution in [0.25, 0.3) is 0 Å². The number of aromatic nitrogens is 1. The standard InChI is InChI=1S/C21H24N4O/c1-2-16-7-8-19(23-12-16)15-25-10-9-17(14-25)13-24-21(26)20-6-4-3-5-18(20)11-22/h3-8,12,17H,2,9-10,13-15H2,1H3,(H,24,26)/t17-/m0/s1. The molecule has 0 saturated carbocycles. The third-order valence-corrected chi connectivity index (χ3v) is 4.89. The number of nitrogens with zero attached hydrogens (tertiary/aromatic N) is 3. The molecule has 1 amide bonds. The Labute approximate surface area is 154 Å². The normalized spacial score (nSPS) is 17.0. The molecule has 0 aliphatic carbocycles. The van der Waals surface area contributed by atoms with Gasteiger partial charge in [-0.2, -0.15) is 5.26 Å². The van der Waals surface area contributed by atoms with Gasteiger partial charge < -0.3 is 5.32 Å². The molecule has 0 radical (unpaired) electrons. The number of aryl methyl sites for hydroxylation is 1. The number of amides is 1. The van der Waals surface area contributed by atoms with E-state index in [9.17, 15) is 4.79 Å². The monoisotopic (exact) mass is 348 g/mol. The number of carbonyl (C=O) groups excluding carboxylic acids is 1. The summed E-state index contributed by atoms with van der Waals surface area (Å²) in [5.74, 6) is 0.264. The van der Waals surface area contributed by atoms with Crippen molar-refractivity contribution in [1.82, 2.24) is 15.2 Å². The Morgan fingerprint density at radius 1 is 1.35 bits per heavy atom. The minimum absolute atomic E-state index is 0.169. The minimum atomic E-state index is -0.169. The van der Waals surface area contributed by atoms with Crippen molar-refractivity contribution in [3.63, 3.8) is 0 Å². The van der Waals surface area contributed by atoms with E-state index >= 15 is 0 Å². The van der Waals surface area contributed by atoms with E-state index in [0.29, 0.717) is 23.6 Å². The van der Waals surface area contributed by atoms with Crippen molar-refractivity contribution >= 4 is 5.91 Å². The van der Waals surface area contributed by atoms with Crippen LogP contribution < -0.4 is 5.32 Å². The largest absolute Gasteiger partial charge is 0.352 e. The Balaban J connectivity index is 1.48. The number of nitriles is 1. The van der Waals surface area contributed by atoms with E-state index in [1.165, 1.54) is 5.56 Å². The molecule has 134 valence electrons. The first-order valence-electron chi connectivity index (χ1n) is 9.13. The zero-order chi connectivity index (χ0) is 18.4. The second-order valence-electron chi connectivity index (χ2n) is 6.77.